The van der Waals surface area contributed by atoms with Gasteiger partial charge in [0.2, 0.25) is 5.82 Å². The van der Waals surface area contributed by atoms with Gasteiger partial charge in [0.1, 0.15) is 28.7 Å². The van der Waals surface area contributed by atoms with Gasteiger partial charge < -0.3 is 31.5 Å². The molecule has 0 aliphatic rings. The first-order valence-electron chi connectivity index (χ1n) is 10.6. The lowest BCUT2D eigenvalue weighted by atomic mass is 10.1. The van der Waals surface area contributed by atoms with Gasteiger partial charge in [-0.25, -0.2) is 19.3 Å². The normalized spacial score (nSPS) is 12.1. The van der Waals surface area contributed by atoms with Crippen molar-refractivity contribution in [3.8, 4) is 11.3 Å². The summed E-state index contributed by atoms with van der Waals surface area (Å²) in [6.07, 6.45) is 1.04. The number of aliphatic hydroxyl groups excluding tert-OH is 1. The van der Waals surface area contributed by atoms with Gasteiger partial charge in [-0.3, -0.25) is 9.20 Å². The molecule has 1 atom stereocenters. The fourth-order valence-electron chi connectivity index (χ4n) is 3.39. The molecule has 4 aromatic rings. The molecule has 1 unspecified atom stereocenters. The number of nitrogens with zero attached hydrogens (tertiary/aromatic N) is 4. The first kappa shape index (κ1) is 25.6. The number of aromatic nitrogens is 4. The molecule has 3 aromatic heterocycles. The second-order valence-electron chi connectivity index (χ2n) is 7.23. The number of carbonyl (C=O) groups excluding carboxylic acids is 1. The molecule has 7 N–H and O–H groups in total. The van der Waals surface area contributed by atoms with Crippen LogP contribution in [0.3, 0.4) is 0 Å². The average Bonchev–Trinajstić information content (AvgIpc) is 3.21. The molecular weight excluding hydrogens is 459 g/mol. The largest absolute Gasteiger partial charge is 0.382 e. The van der Waals surface area contributed by atoms with Gasteiger partial charge >= 0.3 is 5.97 Å². The van der Waals surface area contributed by atoms with Crippen LogP contribution < -0.4 is 11.1 Å². The number of pyridine rings is 1. The zero-order valence-corrected chi connectivity index (χ0v) is 19.1. The van der Waals surface area contributed by atoms with Crippen LogP contribution in [-0.4, -0.2) is 45.7 Å². The number of imidazole rings is 1. The summed E-state index contributed by atoms with van der Waals surface area (Å²) in [6.45, 7) is 5.61. The van der Waals surface area contributed by atoms with E-state index in [4.69, 9.17) is 5.73 Å². The molecule has 0 saturated carbocycles. The third-order valence-electron chi connectivity index (χ3n) is 4.89. The van der Waals surface area contributed by atoms with E-state index in [2.05, 4.69) is 20.3 Å². The van der Waals surface area contributed by atoms with Gasteiger partial charge in [-0.1, -0.05) is 26.0 Å². The van der Waals surface area contributed by atoms with Gasteiger partial charge in [0.05, 0.1) is 0 Å². The van der Waals surface area contributed by atoms with Gasteiger partial charge in [0.15, 0.2) is 6.10 Å². The van der Waals surface area contributed by atoms with Crippen molar-refractivity contribution in [2.75, 3.05) is 11.1 Å². The van der Waals surface area contributed by atoms with E-state index in [0.29, 0.717) is 11.3 Å². The van der Waals surface area contributed by atoms with Crippen LogP contribution in [-0.2, 0) is 10.8 Å². The number of anilines is 2. The number of fused-ring (bicyclic) bond motifs is 1. The first-order chi connectivity index (χ1) is 16.6. The minimum Gasteiger partial charge on any atom is -0.382 e. The van der Waals surface area contributed by atoms with Crippen molar-refractivity contribution in [1.29, 1.82) is 0 Å². The Balaban J connectivity index is 0.00000167. The van der Waals surface area contributed by atoms with E-state index < -0.39 is 29.6 Å². The number of nitrogen functional groups attached to an aromatic ring is 1. The number of aryl methyl sites for hydroxylation is 1. The lowest BCUT2D eigenvalue weighted by molar-refractivity contribution is -0.329. The van der Waals surface area contributed by atoms with E-state index in [0.717, 1.165) is 6.07 Å². The van der Waals surface area contributed by atoms with Crippen LogP contribution in [0, 0.1) is 12.7 Å². The van der Waals surface area contributed by atoms with E-state index >= 15 is 0 Å². The molecule has 11 nitrogen and oxygen atoms in total. The Morgan fingerprint density at radius 1 is 1.17 bits per heavy atom. The van der Waals surface area contributed by atoms with Crippen molar-refractivity contribution in [1.82, 2.24) is 19.4 Å². The van der Waals surface area contributed by atoms with Crippen LogP contribution in [0.4, 0.5) is 16.0 Å². The molecule has 3 heterocycles. The maximum atomic E-state index is 13.4. The molecule has 1 aromatic carbocycles. The molecule has 0 radical (unpaired) electrons. The summed E-state index contributed by atoms with van der Waals surface area (Å²) in [5, 5.41) is 41.7. The lowest BCUT2D eigenvalue weighted by Crippen LogP contribution is -2.27. The van der Waals surface area contributed by atoms with Gasteiger partial charge in [0, 0.05) is 23.7 Å². The number of carbonyl (C=O) groups is 1. The van der Waals surface area contributed by atoms with Crippen LogP contribution in [0.1, 0.15) is 37.0 Å². The van der Waals surface area contributed by atoms with Crippen molar-refractivity contribution in [3.05, 3.63) is 71.7 Å². The van der Waals surface area contributed by atoms with Gasteiger partial charge in [0.25, 0.3) is 5.91 Å². The van der Waals surface area contributed by atoms with E-state index in [1.807, 2.05) is 13.8 Å². The van der Waals surface area contributed by atoms with Gasteiger partial charge in [-0.2, -0.15) is 0 Å². The highest BCUT2D eigenvalue weighted by atomic mass is 19.1. The van der Waals surface area contributed by atoms with Crippen molar-refractivity contribution in [3.63, 3.8) is 0 Å². The molecular formula is C23H25FN6O5. The minimum absolute atomic E-state index is 0.0190. The molecule has 35 heavy (non-hydrogen) atoms. The Labute approximate surface area is 199 Å². The molecule has 1 amide bonds. The Bertz CT molecular complexity index is 1370. The molecule has 0 aliphatic carbocycles. The maximum Gasteiger partial charge on any atom is 0.339 e. The topological polar surface area (TPSA) is 179 Å². The molecule has 0 saturated heterocycles. The summed E-state index contributed by atoms with van der Waals surface area (Å²) >= 11 is 0. The third kappa shape index (κ3) is 5.25. The first-order valence-corrected chi connectivity index (χ1v) is 10.6. The summed E-state index contributed by atoms with van der Waals surface area (Å²) in [5.74, 6) is -5.02. The number of hydrogen-bond acceptors (Lipinski definition) is 9. The number of aliphatic hydroxyl groups is 4. The summed E-state index contributed by atoms with van der Waals surface area (Å²) in [6, 6.07) is 8.01. The number of hydrogen-bond donors (Lipinski definition) is 6. The number of benzene rings is 1. The second kappa shape index (κ2) is 10.1. The Hall–Kier alpha value is -3.97. The SMILES string of the molecule is CC.Cc1nc(NC(=O)C(O)c2cccc(F)c2)ccc1-c1nc(C(O)(O)O)n2ccnc(N)c12. The number of nitrogens with two attached hydrogens (primary N) is 1. The number of rotatable bonds is 5. The Morgan fingerprint density at radius 3 is 2.51 bits per heavy atom. The smallest absolute Gasteiger partial charge is 0.339 e. The van der Waals surface area contributed by atoms with Gasteiger partial charge in [-0.15, -0.1) is 0 Å². The highest BCUT2D eigenvalue weighted by Crippen LogP contribution is 2.32. The highest BCUT2D eigenvalue weighted by molar-refractivity contribution is 5.94. The van der Waals surface area contributed by atoms with Crippen LogP contribution in [0.2, 0.25) is 0 Å². The summed E-state index contributed by atoms with van der Waals surface area (Å²) in [5.41, 5.74) is 7.18. The minimum atomic E-state index is -3.24. The van der Waals surface area contributed by atoms with Crippen molar-refractivity contribution in [2.45, 2.75) is 32.8 Å². The molecule has 0 fully saturated rings. The van der Waals surface area contributed by atoms with E-state index in [9.17, 15) is 29.6 Å². The number of halogens is 1. The summed E-state index contributed by atoms with van der Waals surface area (Å²) < 4.78 is 14.6. The summed E-state index contributed by atoms with van der Waals surface area (Å²) in [7, 11) is 0. The number of nitrogens with one attached hydrogen (secondary N) is 1. The van der Waals surface area contributed by atoms with Gasteiger partial charge in [-0.05, 0) is 36.8 Å². The molecule has 0 aliphatic heterocycles. The monoisotopic (exact) mass is 484 g/mol. The van der Waals surface area contributed by atoms with E-state index in [1.165, 1.54) is 41.1 Å². The molecule has 184 valence electrons. The molecule has 0 spiro atoms. The zero-order valence-electron chi connectivity index (χ0n) is 19.1. The number of amides is 1. The van der Waals surface area contributed by atoms with Crippen LogP contribution >= 0.6 is 0 Å². The summed E-state index contributed by atoms with van der Waals surface area (Å²) in [4.78, 5) is 24.7. The lowest BCUT2D eigenvalue weighted by Gasteiger charge is -2.12. The molecule has 0 bridgehead atoms. The predicted molar refractivity (Wildman–Crippen MR) is 125 cm³/mol. The van der Waals surface area contributed by atoms with Crippen LogP contribution in [0.25, 0.3) is 16.8 Å². The zero-order chi connectivity index (χ0) is 25.9. The van der Waals surface area contributed by atoms with E-state index in [1.54, 1.807) is 13.0 Å². The highest BCUT2D eigenvalue weighted by Gasteiger charge is 2.31. The average molecular weight is 484 g/mol. The fraction of sp³-hybridized carbons (Fsp3) is 0.217. The molecule has 4 rings (SSSR count). The van der Waals surface area contributed by atoms with Crippen molar-refractivity contribution in [2.24, 2.45) is 0 Å². The Morgan fingerprint density at radius 2 is 1.89 bits per heavy atom. The van der Waals surface area contributed by atoms with Crippen molar-refractivity contribution >= 4 is 23.1 Å². The predicted octanol–water partition coefficient (Wildman–Crippen LogP) is 1.61. The second-order valence-corrected chi connectivity index (χ2v) is 7.23. The van der Waals surface area contributed by atoms with Crippen LogP contribution in [0.5, 0.6) is 0 Å². The molecule has 12 heteroatoms. The van der Waals surface area contributed by atoms with E-state index in [-0.39, 0.29) is 28.4 Å². The third-order valence-corrected chi connectivity index (χ3v) is 4.89. The fourth-order valence-corrected chi connectivity index (χ4v) is 3.39. The standard InChI is InChI=1S/C21H19FN6O5.C2H6/c1-10-13(15-16-18(23)24-7-8-28(16)20(27-15)21(31,32)33)5-6-14(25-10)26-19(30)17(29)11-3-2-4-12(22)9-11;1-2/h2-9,17,29,31-33H,1H3,(H2,23,24)(H,25,26,30);1-2H3. The Kier molecular flexibility index (Phi) is 7.41. The van der Waals surface area contributed by atoms with Crippen LogP contribution in [0.15, 0.2) is 48.8 Å². The maximum absolute atomic E-state index is 13.4. The quantitative estimate of drug-likeness (QED) is 0.229. The van der Waals surface area contributed by atoms with Crippen molar-refractivity contribution < 1.29 is 29.6 Å².